The molecule has 1 rings (SSSR count). The summed E-state index contributed by atoms with van der Waals surface area (Å²) in [5.41, 5.74) is 0.570. The maximum Gasteiger partial charge on any atom is 0.335 e. The molecule has 0 aliphatic rings. The summed E-state index contributed by atoms with van der Waals surface area (Å²) in [6.07, 6.45) is 1.55. The molecule has 108 valence electrons. The number of hydrogen-bond donors (Lipinski definition) is 3. The second-order valence-electron chi connectivity index (χ2n) is 3.89. The average molecular weight is 343 g/mol. The predicted octanol–water partition coefficient (Wildman–Crippen LogP) is 2.16. The van der Waals surface area contributed by atoms with E-state index in [9.17, 15) is 9.59 Å². The SMILES string of the molecule is C=CCN(CCO)C(=O)Nc1ccc(C(=O)O)cc1Br. The first-order chi connectivity index (χ1) is 9.49. The zero-order valence-electron chi connectivity index (χ0n) is 10.7. The highest BCUT2D eigenvalue weighted by atomic mass is 79.9. The van der Waals surface area contributed by atoms with Gasteiger partial charge in [-0.05, 0) is 34.1 Å². The minimum atomic E-state index is -1.04. The first-order valence-electron chi connectivity index (χ1n) is 5.80. The third-order valence-electron chi connectivity index (χ3n) is 2.46. The van der Waals surface area contributed by atoms with Gasteiger partial charge >= 0.3 is 12.0 Å². The highest BCUT2D eigenvalue weighted by Gasteiger charge is 2.14. The Balaban J connectivity index is 2.83. The lowest BCUT2D eigenvalue weighted by atomic mass is 10.2. The average Bonchev–Trinajstić information content (AvgIpc) is 2.40. The van der Waals surface area contributed by atoms with Crippen LogP contribution in [0.4, 0.5) is 10.5 Å². The molecule has 0 saturated carbocycles. The number of amides is 2. The molecule has 0 radical (unpaired) electrons. The maximum absolute atomic E-state index is 12.0. The van der Waals surface area contributed by atoms with Gasteiger partial charge in [0.25, 0.3) is 0 Å². The smallest absolute Gasteiger partial charge is 0.335 e. The van der Waals surface area contributed by atoms with E-state index in [4.69, 9.17) is 10.2 Å². The van der Waals surface area contributed by atoms with E-state index < -0.39 is 12.0 Å². The van der Waals surface area contributed by atoms with Crippen LogP contribution in [0.2, 0.25) is 0 Å². The number of halogens is 1. The van der Waals surface area contributed by atoms with Gasteiger partial charge < -0.3 is 20.4 Å². The molecule has 0 bridgehead atoms. The first kappa shape index (κ1) is 16.2. The van der Waals surface area contributed by atoms with E-state index in [2.05, 4.69) is 27.8 Å². The lowest BCUT2D eigenvalue weighted by Gasteiger charge is -2.21. The van der Waals surface area contributed by atoms with Gasteiger partial charge in [0.15, 0.2) is 0 Å². The highest BCUT2D eigenvalue weighted by molar-refractivity contribution is 9.10. The number of anilines is 1. The van der Waals surface area contributed by atoms with Crippen molar-refractivity contribution in [1.82, 2.24) is 4.90 Å². The summed E-state index contributed by atoms with van der Waals surface area (Å²) in [4.78, 5) is 24.2. The van der Waals surface area contributed by atoms with Crippen molar-refractivity contribution in [2.24, 2.45) is 0 Å². The van der Waals surface area contributed by atoms with Gasteiger partial charge in [-0.15, -0.1) is 6.58 Å². The van der Waals surface area contributed by atoms with Gasteiger partial charge in [-0.25, -0.2) is 9.59 Å². The molecule has 2 amide bonds. The molecule has 0 saturated heterocycles. The molecule has 1 aromatic carbocycles. The van der Waals surface area contributed by atoms with Gasteiger partial charge in [0.2, 0.25) is 0 Å². The van der Waals surface area contributed by atoms with Crippen LogP contribution in [0.3, 0.4) is 0 Å². The summed E-state index contributed by atoms with van der Waals surface area (Å²) in [5, 5.41) is 20.4. The monoisotopic (exact) mass is 342 g/mol. The number of aromatic carboxylic acids is 1. The third kappa shape index (κ3) is 4.36. The molecule has 0 unspecified atom stereocenters. The largest absolute Gasteiger partial charge is 0.478 e. The summed E-state index contributed by atoms with van der Waals surface area (Å²) in [7, 11) is 0. The number of hydrogen-bond acceptors (Lipinski definition) is 3. The zero-order chi connectivity index (χ0) is 15.1. The summed E-state index contributed by atoms with van der Waals surface area (Å²) < 4.78 is 0.466. The third-order valence-corrected chi connectivity index (χ3v) is 3.12. The van der Waals surface area contributed by atoms with E-state index in [0.29, 0.717) is 16.7 Å². The fourth-order valence-electron chi connectivity index (χ4n) is 1.50. The second-order valence-corrected chi connectivity index (χ2v) is 4.74. The molecule has 1 aromatic rings. The number of carboxylic acid groups (broad SMARTS) is 1. The number of aliphatic hydroxyl groups excluding tert-OH is 1. The second kappa shape index (κ2) is 7.66. The highest BCUT2D eigenvalue weighted by Crippen LogP contribution is 2.24. The molecular formula is C13H15BrN2O4. The quantitative estimate of drug-likeness (QED) is 0.691. The molecule has 20 heavy (non-hydrogen) atoms. The minimum Gasteiger partial charge on any atom is -0.478 e. The van der Waals surface area contributed by atoms with Crippen LogP contribution >= 0.6 is 15.9 Å². The Morgan fingerprint density at radius 1 is 1.45 bits per heavy atom. The molecule has 0 fully saturated rings. The van der Waals surface area contributed by atoms with Gasteiger partial charge in [0.1, 0.15) is 0 Å². The molecule has 0 aliphatic carbocycles. The molecule has 0 heterocycles. The molecule has 6 nitrogen and oxygen atoms in total. The number of rotatable bonds is 6. The van der Waals surface area contributed by atoms with Crippen LogP contribution in [-0.4, -0.2) is 46.8 Å². The number of carbonyl (C=O) groups excluding carboxylic acids is 1. The summed E-state index contributed by atoms with van der Waals surface area (Å²) in [6, 6.07) is 3.90. The molecule has 0 spiro atoms. The number of nitrogens with zero attached hydrogens (tertiary/aromatic N) is 1. The number of carbonyl (C=O) groups is 2. The van der Waals surface area contributed by atoms with Gasteiger partial charge in [0, 0.05) is 17.6 Å². The van der Waals surface area contributed by atoms with Gasteiger partial charge in [-0.3, -0.25) is 0 Å². The normalized spacial score (nSPS) is 9.90. The zero-order valence-corrected chi connectivity index (χ0v) is 12.3. The minimum absolute atomic E-state index is 0.119. The molecule has 0 atom stereocenters. The van der Waals surface area contributed by atoms with Crippen LogP contribution < -0.4 is 5.32 Å². The van der Waals surface area contributed by atoms with Crippen molar-refractivity contribution in [3.8, 4) is 0 Å². The maximum atomic E-state index is 12.0. The Kier molecular flexibility index (Phi) is 6.20. The Morgan fingerprint density at radius 2 is 2.15 bits per heavy atom. The van der Waals surface area contributed by atoms with E-state index in [1.54, 1.807) is 6.08 Å². The predicted molar refractivity (Wildman–Crippen MR) is 79.0 cm³/mol. The lowest BCUT2D eigenvalue weighted by molar-refractivity contribution is 0.0697. The van der Waals surface area contributed by atoms with Gasteiger partial charge in [0.05, 0.1) is 17.9 Å². The fraction of sp³-hybridized carbons (Fsp3) is 0.231. The van der Waals surface area contributed by atoms with Gasteiger partial charge in [-0.1, -0.05) is 6.08 Å². The summed E-state index contributed by atoms with van der Waals surface area (Å²) >= 11 is 3.20. The molecular weight excluding hydrogens is 328 g/mol. The van der Waals surface area contributed by atoms with Crippen molar-refractivity contribution in [3.63, 3.8) is 0 Å². The van der Waals surface area contributed by atoms with E-state index in [-0.39, 0.29) is 18.7 Å². The van der Waals surface area contributed by atoms with Crippen molar-refractivity contribution in [3.05, 3.63) is 40.9 Å². The van der Waals surface area contributed by atoms with Crippen LogP contribution in [0.25, 0.3) is 0 Å². The van der Waals surface area contributed by atoms with E-state index in [1.165, 1.54) is 23.1 Å². The summed E-state index contributed by atoms with van der Waals surface area (Å²) in [5.74, 6) is -1.04. The Bertz CT molecular complexity index is 519. The Hall–Kier alpha value is -1.86. The van der Waals surface area contributed by atoms with Crippen LogP contribution in [-0.2, 0) is 0 Å². The van der Waals surface area contributed by atoms with E-state index in [0.717, 1.165) is 0 Å². The number of nitrogens with one attached hydrogen (secondary N) is 1. The van der Waals surface area contributed by atoms with Crippen LogP contribution in [0.1, 0.15) is 10.4 Å². The molecule has 7 heteroatoms. The number of aliphatic hydroxyl groups is 1. The lowest BCUT2D eigenvalue weighted by Crippen LogP contribution is -2.37. The molecule has 0 aliphatic heterocycles. The van der Waals surface area contributed by atoms with Crippen LogP contribution in [0.15, 0.2) is 35.3 Å². The van der Waals surface area contributed by atoms with Gasteiger partial charge in [-0.2, -0.15) is 0 Å². The van der Waals surface area contributed by atoms with E-state index >= 15 is 0 Å². The van der Waals surface area contributed by atoms with Crippen LogP contribution in [0, 0.1) is 0 Å². The first-order valence-corrected chi connectivity index (χ1v) is 6.59. The standard InChI is InChI=1S/C13H15BrN2O4/c1-2-5-16(6-7-17)13(20)15-11-4-3-9(12(18)19)8-10(11)14/h2-4,8,17H,1,5-7H2,(H,15,20)(H,18,19). The fourth-order valence-corrected chi connectivity index (χ4v) is 1.97. The topological polar surface area (TPSA) is 89.9 Å². The molecule has 3 N–H and O–H groups in total. The van der Waals surface area contributed by atoms with Crippen molar-refractivity contribution in [2.75, 3.05) is 25.0 Å². The number of carboxylic acids is 1. The van der Waals surface area contributed by atoms with Crippen molar-refractivity contribution in [1.29, 1.82) is 0 Å². The van der Waals surface area contributed by atoms with Crippen molar-refractivity contribution < 1.29 is 19.8 Å². The van der Waals surface area contributed by atoms with Crippen molar-refractivity contribution >= 4 is 33.6 Å². The summed E-state index contributed by atoms with van der Waals surface area (Å²) in [6.45, 7) is 3.88. The molecule has 0 aromatic heterocycles. The number of benzene rings is 1. The Labute approximate surface area is 124 Å². The van der Waals surface area contributed by atoms with Crippen LogP contribution in [0.5, 0.6) is 0 Å². The Morgan fingerprint density at radius 3 is 2.65 bits per heavy atom. The number of urea groups is 1. The van der Waals surface area contributed by atoms with E-state index in [1.807, 2.05) is 0 Å². The van der Waals surface area contributed by atoms with Crippen molar-refractivity contribution in [2.45, 2.75) is 0 Å².